The van der Waals surface area contributed by atoms with Gasteiger partial charge < -0.3 is 15.2 Å². The molecule has 2 N–H and O–H groups in total. The van der Waals surface area contributed by atoms with Crippen molar-refractivity contribution in [3.63, 3.8) is 0 Å². The number of nitrogens with zero attached hydrogens (tertiary/aromatic N) is 3. The lowest BCUT2D eigenvalue weighted by atomic mass is 10.1. The van der Waals surface area contributed by atoms with Crippen molar-refractivity contribution in [3.8, 4) is 6.07 Å². The molecule has 0 saturated heterocycles. The highest BCUT2D eigenvalue weighted by Crippen LogP contribution is 2.37. The van der Waals surface area contributed by atoms with Crippen LogP contribution in [-0.4, -0.2) is 41.5 Å². The molecule has 0 spiro atoms. The molecule has 0 aliphatic heterocycles. The van der Waals surface area contributed by atoms with E-state index in [4.69, 9.17) is 4.52 Å². The highest BCUT2D eigenvalue weighted by atomic mass is 32.1. The molecular formula is C20H25N5O3S. The summed E-state index contributed by atoms with van der Waals surface area (Å²) in [6, 6.07) is 3.34. The van der Waals surface area contributed by atoms with Gasteiger partial charge in [0, 0.05) is 10.9 Å². The third-order valence-corrected chi connectivity index (χ3v) is 6.31. The SMILES string of the molecule is Cc1cc(NC(=O)CN(C)C(C)C(=O)Nc2sc3c(c2C#N)CCCCC3)no1. The fraction of sp³-hybridized carbons (Fsp3) is 0.500. The number of carbonyl (C=O) groups excluding carboxylic acids is 2. The van der Waals surface area contributed by atoms with Crippen LogP contribution in [0.25, 0.3) is 0 Å². The van der Waals surface area contributed by atoms with Crippen LogP contribution in [0.1, 0.15) is 48.0 Å². The number of likely N-dealkylation sites (N-methyl/N-ethyl adjacent to an activating group) is 1. The van der Waals surface area contributed by atoms with Gasteiger partial charge in [-0.05, 0) is 52.1 Å². The van der Waals surface area contributed by atoms with Crippen LogP contribution >= 0.6 is 11.3 Å². The number of fused-ring (bicyclic) bond motifs is 1. The third kappa shape index (κ3) is 5.02. The van der Waals surface area contributed by atoms with E-state index in [-0.39, 0.29) is 18.4 Å². The Labute approximate surface area is 173 Å². The molecule has 1 aliphatic carbocycles. The summed E-state index contributed by atoms with van der Waals surface area (Å²) in [6.07, 6.45) is 5.21. The predicted molar refractivity (Wildman–Crippen MR) is 111 cm³/mol. The first-order valence-electron chi connectivity index (χ1n) is 9.68. The van der Waals surface area contributed by atoms with Crippen LogP contribution in [0.2, 0.25) is 0 Å². The van der Waals surface area contributed by atoms with Crippen molar-refractivity contribution in [3.05, 3.63) is 27.8 Å². The number of anilines is 2. The van der Waals surface area contributed by atoms with Gasteiger partial charge in [0.05, 0.1) is 18.2 Å². The zero-order chi connectivity index (χ0) is 21.0. The fourth-order valence-corrected chi connectivity index (χ4v) is 4.58. The summed E-state index contributed by atoms with van der Waals surface area (Å²) in [5.41, 5.74) is 1.68. The van der Waals surface area contributed by atoms with Gasteiger partial charge >= 0.3 is 0 Å². The molecule has 154 valence electrons. The van der Waals surface area contributed by atoms with Crippen LogP contribution in [0.5, 0.6) is 0 Å². The normalized spacial score (nSPS) is 14.6. The number of thiophene rings is 1. The van der Waals surface area contributed by atoms with Crippen molar-refractivity contribution in [2.75, 3.05) is 24.2 Å². The number of hydrogen-bond acceptors (Lipinski definition) is 7. The Morgan fingerprint density at radius 2 is 2.10 bits per heavy atom. The first-order valence-corrected chi connectivity index (χ1v) is 10.5. The van der Waals surface area contributed by atoms with Gasteiger partial charge in [-0.15, -0.1) is 11.3 Å². The standard InChI is InChI=1S/C20H25N5O3S/c1-12-9-17(24-28-12)22-18(26)11-25(3)13(2)19(27)23-20-15(10-21)14-7-5-4-6-8-16(14)29-20/h9,13H,4-8,11H2,1-3H3,(H,23,27)(H,22,24,26). The van der Waals surface area contributed by atoms with Gasteiger partial charge in [0.2, 0.25) is 11.8 Å². The molecule has 1 aliphatic rings. The molecule has 8 nitrogen and oxygen atoms in total. The van der Waals surface area contributed by atoms with Crippen molar-refractivity contribution in [2.45, 2.75) is 52.0 Å². The molecule has 2 aromatic heterocycles. The molecule has 0 fully saturated rings. The summed E-state index contributed by atoms with van der Waals surface area (Å²) in [4.78, 5) is 27.8. The van der Waals surface area contributed by atoms with E-state index in [1.807, 2.05) is 0 Å². The van der Waals surface area contributed by atoms with Crippen molar-refractivity contribution < 1.29 is 14.1 Å². The van der Waals surface area contributed by atoms with E-state index in [1.165, 1.54) is 22.6 Å². The highest BCUT2D eigenvalue weighted by molar-refractivity contribution is 7.16. The number of amides is 2. The molecule has 0 aromatic carbocycles. The second kappa shape index (κ2) is 9.20. The number of nitrogens with one attached hydrogen (secondary N) is 2. The van der Waals surface area contributed by atoms with Gasteiger partial charge in [-0.3, -0.25) is 14.5 Å². The molecule has 3 rings (SSSR count). The Balaban J connectivity index is 1.61. The zero-order valence-electron chi connectivity index (χ0n) is 16.9. The van der Waals surface area contributed by atoms with E-state index in [0.717, 1.165) is 31.2 Å². The number of nitriles is 1. The van der Waals surface area contributed by atoms with E-state index >= 15 is 0 Å². The molecule has 2 heterocycles. The minimum atomic E-state index is -0.548. The van der Waals surface area contributed by atoms with E-state index in [0.29, 0.717) is 22.1 Å². The first kappa shape index (κ1) is 21.0. The molecule has 29 heavy (non-hydrogen) atoms. The number of rotatable bonds is 6. The lowest BCUT2D eigenvalue weighted by molar-refractivity contribution is -0.122. The fourth-order valence-electron chi connectivity index (χ4n) is 3.34. The Hall–Kier alpha value is -2.70. The third-order valence-electron chi connectivity index (χ3n) is 5.10. The Kier molecular flexibility index (Phi) is 6.67. The number of aryl methyl sites for hydroxylation is 2. The van der Waals surface area contributed by atoms with Gasteiger partial charge in [0.15, 0.2) is 5.82 Å². The summed E-state index contributed by atoms with van der Waals surface area (Å²) < 4.78 is 4.92. The summed E-state index contributed by atoms with van der Waals surface area (Å²) in [7, 11) is 1.70. The average molecular weight is 416 g/mol. The maximum absolute atomic E-state index is 12.7. The second-order valence-corrected chi connectivity index (χ2v) is 8.44. The average Bonchev–Trinajstić information content (AvgIpc) is 3.14. The molecule has 2 amide bonds. The van der Waals surface area contributed by atoms with Crippen LogP contribution in [-0.2, 0) is 22.4 Å². The largest absolute Gasteiger partial charge is 0.360 e. The quantitative estimate of drug-likeness (QED) is 0.702. The minimum Gasteiger partial charge on any atom is -0.360 e. The van der Waals surface area contributed by atoms with Gasteiger partial charge in [-0.1, -0.05) is 11.6 Å². The minimum absolute atomic E-state index is 0.0204. The summed E-state index contributed by atoms with van der Waals surface area (Å²) in [6.45, 7) is 3.49. The van der Waals surface area contributed by atoms with E-state index in [9.17, 15) is 14.9 Å². The summed E-state index contributed by atoms with van der Waals surface area (Å²) >= 11 is 1.50. The maximum Gasteiger partial charge on any atom is 0.242 e. The first-order chi connectivity index (χ1) is 13.9. The van der Waals surface area contributed by atoms with Crippen molar-refractivity contribution in [1.82, 2.24) is 10.1 Å². The van der Waals surface area contributed by atoms with Crippen molar-refractivity contribution in [2.24, 2.45) is 0 Å². The van der Waals surface area contributed by atoms with E-state index in [2.05, 4.69) is 21.9 Å². The van der Waals surface area contributed by atoms with Gasteiger partial charge in [0.25, 0.3) is 0 Å². The smallest absolute Gasteiger partial charge is 0.242 e. The monoisotopic (exact) mass is 415 g/mol. The maximum atomic E-state index is 12.7. The van der Waals surface area contributed by atoms with Gasteiger partial charge in [-0.25, -0.2) is 0 Å². The lowest BCUT2D eigenvalue weighted by Gasteiger charge is -2.22. The van der Waals surface area contributed by atoms with Crippen LogP contribution in [0.4, 0.5) is 10.8 Å². The van der Waals surface area contributed by atoms with Gasteiger partial charge in [-0.2, -0.15) is 5.26 Å². The van der Waals surface area contributed by atoms with Crippen LogP contribution in [0.3, 0.4) is 0 Å². The Morgan fingerprint density at radius 3 is 2.79 bits per heavy atom. The number of carbonyl (C=O) groups is 2. The van der Waals surface area contributed by atoms with Crippen LogP contribution in [0, 0.1) is 18.3 Å². The molecule has 0 saturated carbocycles. The topological polar surface area (TPSA) is 111 Å². The van der Waals surface area contributed by atoms with Crippen LogP contribution < -0.4 is 10.6 Å². The molecular weight excluding hydrogens is 390 g/mol. The Morgan fingerprint density at radius 1 is 1.34 bits per heavy atom. The number of hydrogen-bond donors (Lipinski definition) is 2. The highest BCUT2D eigenvalue weighted by Gasteiger charge is 2.25. The summed E-state index contributed by atoms with van der Waals surface area (Å²) in [5.74, 6) is 0.410. The molecule has 1 unspecified atom stereocenters. The zero-order valence-corrected chi connectivity index (χ0v) is 17.7. The van der Waals surface area contributed by atoms with E-state index < -0.39 is 6.04 Å². The molecule has 9 heteroatoms. The molecule has 1 atom stereocenters. The summed E-state index contributed by atoms with van der Waals surface area (Å²) in [5, 5.41) is 19.5. The molecule has 0 radical (unpaired) electrons. The van der Waals surface area contributed by atoms with Crippen molar-refractivity contribution in [1.29, 1.82) is 5.26 Å². The lowest BCUT2D eigenvalue weighted by Crippen LogP contribution is -2.43. The molecule has 0 bridgehead atoms. The second-order valence-electron chi connectivity index (χ2n) is 7.33. The van der Waals surface area contributed by atoms with E-state index in [1.54, 1.807) is 31.9 Å². The Bertz CT molecular complexity index is 943. The number of aromatic nitrogens is 1. The predicted octanol–water partition coefficient (Wildman–Crippen LogP) is 3.08. The van der Waals surface area contributed by atoms with Crippen LogP contribution in [0.15, 0.2) is 10.6 Å². The molecule has 2 aromatic rings. The van der Waals surface area contributed by atoms with Gasteiger partial charge in [0.1, 0.15) is 16.8 Å². The van der Waals surface area contributed by atoms with Crippen molar-refractivity contribution >= 4 is 34.0 Å².